The topological polar surface area (TPSA) is 43.1 Å². The zero-order valence-electron chi connectivity index (χ0n) is 11.1. The van der Waals surface area contributed by atoms with E-state index in [9.17, 15) is 4.21 Å². The van der Waals surface area contributed by atoms with E-state index in [2.05, 4.69) is 36.4 Å². The molecule has 0 aliphatic heterocycles. The third-order valence-corrected chi connectivity index (χ3v) is 4.45. The average molecular weight is 273 g/mol. The summed E-state index contributed by atoms with van der Waals surface area (Å²) < 4.78 is 11.5. The van der Waals surface area contributed by atoms with Gasteiger partial charge in [-0.3, -0.25) is 4.21 Å². The van der Waals surface area contributed by atoms with E-state index in [0.29, 0.717) is 18.1 Å². The summed E-state index contributed by atoms with van der Waals surface area (Å²) in [4.78, 5) is 0. The van der Waals surface area contributed by atoms with Crippen LogP contribution in [0.3, 0.4) is 0 Å². The molecule has 100 valence electrons. The summed E-state index contributed by atoms with van der Waals surface area (Å²) in [7, 11) is -0.755. The number of benzene rings is 2. The summed E-state index contributed by atoms with van der Waals surface area (Å²) in [5.41, 5.74) is 10.4. The highest BCUT2D eigenvalue weighted by atomic mass is 32.2. The van der Waals surface area contributed by atoms with Gasteiger partial charge in [0.1, 0.15) is 0 Å². The molecule has 19 heavy (non-hydrogen) atoms. The van der Waals surface area contributed by atoms with Crippen LogP contribution in [0.5, 0.6) is 0 Å². The van der Waals surface area contributed by atoms with Gasteiger partial charge in [-0.2, -0.15) is 0 Å². The molecule has 0 saturated carbocycles. The van der Waals surface area contributed by atoms with E-state index in [1.54, 1.807) is 0 Å². The normalized spacial score (nSPS) is 12.3. The molecule has 1 atom stereocenters. The molecule has 0 amide bonds. The molecule has 0 bridgehead atoms. The molecule has 2 N–H and O–H groups in total. The smallest absolute Gasteiger partial charge is 0.0485 e. The highest BCUT2D eigenvalue weighted by molar-refractivity contribution is 7.84. The zero-order valence-corrected chi connectivity index (χ0v) is 12.0. The molecule has 0 fully saturated rings. The minimum Gasteiger partial charge on any atom is -0.326 e. The molecule has 0 radical (unpaired) electrons. The zero-order chi connectivity index (χ0) is 13.7. The number of nitrogens with two attached hydrogens (primary N) is 1. The molecule has 3 heteroatoms. The van der Waals surface area contributed by atoms with Crippen molar-refractivity contribution in [2.45, 2.75) is 19.2 Å². The van der Waals surface area contributed by atoms with Crippen LogP contribution < -0.4 is 5.73 Å². The summed E-state index contributed by atoms with van der Waals surface area (Å²) >= 11 is 0. The van der Waals surface area contributed by atoms with E-state index < -0.39 is 10.8 Å². The summed E-state index contributed by atoms with van der Waals surface area (Å²) in [5, 5.41) is 0. The van der Waals surface area contributed by atoms with Gasteiger partial charge in [-0.15, -0.1) is 0 Å². The monoisotopic (exact) mass is 273 g/mol. The molecule has 2 nitrogen and oxygen atoms in total. The third kappa shape index (κ3) is 3.52. The van der Waals surface area contributed by atoms with Crippen molar-refractivity contribution in [2.75, 3.05) is 5.75 Å². The summed E-state index contributed by atoms with van der Waals surface area (Å²) in [6.07, 6.45) is 0. The van der Waals surface area contributed by atoms with Crippen molar-refractivity contribution in [3.8, 4) is 11.1 Å². The Morgan fingerprint density at radius 1 is 1.05 bits per heavy atom. The Bertz CT molecular complexity index is 563. The van der Waals surface area contributed by atoms with E-state index in [-0.39, 0.29) is 0 Å². The van der Waals surface area contributed by atoms with Gasteiger partial charge in [0.15, 0.2) is 0 Å². The van der Waals surface area contributed by atoms with Gasteiger partial charge in [0, 0.05) is 28.9 Å². The maximum absolute atomic E-state index is 11.5. The molecule has 2 rings (SSSR count). The molecule has 2 aromatic rings. The molecular weight excluding hydrogens is 254 g/mol. The van der Waals surface area contributed by atoms with Crippen molar-refractivity contribution in [1.82, 2.24) is 0 Å². The molecule has 0 spiro atoms. The summed E-state index contributed by atoms with van der Waals surface area (Å²) in [6.45, 7) is 2.49. The standard InChI is InChI=1S/C16H19NOS/c1-2-19(18)12-13-7-9-14(10-8-13)16-6-4-3-5-15(16)11-17/h3-10H,2,11-12,17H2,1H3. The van der Waals surface area contributed by atoms with Gasteiger partial charge in [-0.05, 0) is 22.3 Å². The van der Waals surface area contributed by atoms with Crippen molar-refractivity contribution in [3.63, 3.8) is 0 Å². The first kappa shape index (κ1) is 14.0. The van der Waals surface area contributed by atoms with Crippen molar-refractivity contribution < 1.29 is 4.21 Å². The van der Waals surface area contributed by atoms with Gasteiger partial charge in [0.2, 0.25) is 0 Å². The van der Waals surface area contributed by atoms with Gasteiger partial charge in [0.05, 0.1) is 0 Å². The van der Waals surface area contributed by atoms with E-state index in [4.69, 9.17) is 5.73 Å². The van der Waals surface area contributed by atoms with Crippen LogP contribution in [0, 0.1) is 0 Å². The fourth-order valence-electron chi connectivity index (χ4n) is 2.05. The van der Waals surface area contributed by atoms with Crippen molar-refractivity contribution in [2.24, 2.45) is 5.73 Å². The molecule has 0 aliphatic rings. The van der Waals surface area contributed by atoms with Gasteiger partial charge in [0.25, 0.3) is 0 Å². The first-order valence-corrected chi connectivity index (χ1v) is 7.95. The summed E-state index contributed by atoms with van der Waals surface area (Å²) in [6, 6.07) is 16.4. The second kappa shape index (κ2) is 6.64. The fourth-order valence-corrected chi connectivity index (χ4v) is 2.82. The largest absolute Gasteiger partial charge is 0.326 e. The Morgan fingerprint density at radius 3 is 2.37 bits per heavy atom. The maximum Gasteiger partial charge on any atom is 0.0485 e. The van der Waals surface area contributed by atoms with Crippen molar-refractivity contribution in [1.29, 1.82) is 0 Å². The molecule has 0 saturated heterocycles. The molecule has 0 heterocycles. The Morgan fingerprint density at radius 2 is 1.74 bits per heavy atom. The van der Waals surface area contributed by atoms with Crippen molar-refractivity contribution >= 4 is 10.8 Å². The summed E-state index contributed by atoms with van der Waals surface area (Å²) in [5.74, 6) is 1.34. The van der Waals surface area contributed by atoms with Crippen molar-refractivity contribution in [3.05, 3.63) is 59.7 Å². The quantitative estimate of drug-likeness (QED) is 0.909. The Hall–Kier alpha value is -1.45. The van der Waals surface area contributed by atoms with Crippen LogP contribution in [0.25, 0.3) is 11.1 Å². The predicted molar refractivity (Wildman–Crippen MR) is 82.2 cm³/mol. The molecular formula is C16H19NOS. The van der Waals surface area contributed by atoms with Crippen LogP contribution in [-0.2, 0) is 23.1 Å². The Kier molecular flexibility index (Phi) is 4.88. The average Bonchev–Trinajstić information content (AvgIpc) is 2.48. The first-order chi connectivity index (χ1) is 9.24. The number of hydrogen-bond acceptors (Lipinski definition) is 2. The first-order valence-electron chi connectivity index (χ1n) is 6.47. The predicted octanol–water partition coefficient (Wildman–Crippen LogP) is 3.08. The maximum atomic E-state index is 11.5. The lowest BCUT2D eigenvalue weighted by Crippen LogP contribution is -1.99. The van der Waals surface area contributed by atoms with E-state index >= 15 is 0 Å². The van der Waals surface area contributed by atoms with Crippen LogP contribution in [0.1, 0.15) is 18.1 Å². The molecule has 1 unspecified atom stereocenters. The molecule has 2 aromatic carbocycles. The molecule has 0 aromatic heterocycles. The van der Waals surface area contributed by atoms with Crippen LogP contribution in [0.15, 0.2) is 48.5 Å². The number of rotatable bonds is 5. The van der Waals surface area contributed by atoms with Crippen LogP contribution in [-0.4, -0.2) is 9.96 Å². The minimum atomic E-state index is -0.755. The SMILES string of the molecule is CCS(=O)Cc1ccc(-c2ccccc2CN)cc1. The van der Waals surface area contributed by atoms with Gasteiger partial charge < -0.3 is 5.73 Å². The van der Waals surface area contributed by atoms with Crippen LogP contribution >= 0.6 is 0 Å². The van der Waals surface area contributed by atoms with E-state index in [1.165, 1.54) is 5.56 Å². The highest BCUT2D eigenvalue weighted by Crippen LogP contribution is 2.24. The number of hydrogen-bond donors (Lipinski definition) is 1. The Balaban J connectivity index is 2.25. The lowest BCUT2D eigenvalue weighted by Gasteiger charge is -2.08. The van der Waals surface area contributed by atoms with E-state index in [0.717, 1.165) is 16.7 Å². The fraction of sp³-hybridized carbons (Fsp3) is 0.250. The van der Waals surface area contributed by atoms with Crippen LogP contribution in [0.4, 0.5) is 0 Å². The lowest BCUT2D eigenvalue weighted by molar-refractivity contribution is 0.683. The molecule has 0 aliphatic carbocycles. The second-order valence-corrected chi connectivity index (χ2v) is 6.18. The van der Waals surface area contributed by atoms with Gasteiger partial charge in [-0.1, -0.05) is 55.5 Å². The van der Waals surface area contributed by atoms with Crippen LogP contribution in [0.2, 0.25) is 0 Å². The lowest BCUT2D eigenvalue weighted by atomic mass is 9.99. The third-order valence-electron chi connectivity index (χ3n) is 3.15. The minimum absolute atomic E-state index is 0.539. The van der Waals surface area contributed by atoms with Gasteiger partial charge in [-0.25, -0.2) is 0 Å². The second-order valence-electron chi connectivity index (χ2n) is 4.43. The van der Waals surface area contributed by atoms with Gasteiger partial charge >= 0.3 is 0 Å². The highest BCUT2D eigenvalue weighted by Gasteiger charge is 2.04. The Labute approximate surface area is 117 Å². The van der Waals surface area contributed by atoms with E-state index in [1.807, 2.05) is 19.1 Å².